The zero-order valence-corrected chi connectivity index (χ0v) is 19.5. The molecular formula is C20H30NO5SSi. The molecule has 0 saturated carbocycles. The Hall–Kier alpha value is -1.48. The molecule has 28 heavy (non-hydrogen) atoms. The van der Waals surface area contributed by atoms with E-state index in [9.17, 15) is 8.42 Å². The summed E-state index contributed by atoms with van der Waals surface area (Å²) >= 11 is 0. The van der Waals surface area contributed by atoms with E-state index in [0.29, 0.717) is 12.3 Å². The second-order valence-electron chi connectivity index (χ2n) is 8.20. The third kappa shape index (κ3) is 6.27. The van der Waals surface area contributed by atoms with Crippen LogP contribution in [0.4, 0.5) is 0 Å². The first kappa shape index (κ1) is 22.8. The molecule has 0 fully saturated rings. The summed E-state index contributed by atoms with van der Waals surface area (Å²) in [6.45, 7) is 10.2. The summed E-state index contributed by atoms with van der Waals surface area (Å²) in [5.74, 6) is 0.511. The Morgan fingerprint density at radius 1 is 1.14 bits per heavy atom. The van der Waals surface area contributed by atoms with Gasteiger partial charge in [-0.15, -0.1) is 0 Å². The van der Waals surface area contributed by atoms with Crippen molar-refractivity contribution in [3.8, 4) is 5.88 Å². The Labute approximate surface area is 170 Å². The maximum Gasteiger partial charge on any atom is 0.264 e. The van der Waals surface area contributed by atoms with Crippen LogP contribution in [0.2, 0.25) is 13.1 Å². The number of rotatable bonds is 8. The molecule has 0 bridgehead atoms. The zero-order valence-electron chi connectivity index (χ0n) is 17.6. The van der Waals surface area contributed by atoms with E-state index in [4.69, 9.17) is 13.3 Å². The van der Waals surface area contributed by atoms with Crippen molar-refractivity contribution >= 4 is 30.1 Å². The van der Waals surface area contributed by atoms with Crippen LogP contribution in [0.1, 0.15) is 26.3 Å². The van der Waals surface area contributed by atoms with Gasteiger partial charge in [-0.25, -0.2) is 4.98 Å². The fraction of sp³-hybridized carbons (Fsp3) is 0.550. The Morgan fingerprint density at radius 2 is 1.82 bits per heavy atom. The van der Waals surface area contributed by atoms with E-state index in [1.165, 1.54) is 0 Å². The lowest BCUT2D eigenvalue weighted by Gasteiger charge is -2.37. The highest BCUT2D eigenvalue weighted by Gasteiger charge is 2.37. The highest BCUT2D eigenvalue weighted by Crippen LogP contribution is 2.31. The molecule has 1 aromatic heterocycles. The van der Waals surface area contributed by atoms with E-state index < -0.39 is 25.3 Å². The number of hydrogen-bond donors (Lipinski definition) is 0. The second kappa shape index (κ2) is 8.90. The lowest BCUT2D eigenvalue weighted by Crippen LogP contribution is -2.45. The van der Waals surface area contributed by atoms with Gasteiger partial charge >= 0.3 is 0 Å². The van der Waals surface area contributed by atoms with Gasteiger partial charge in [0.05, 0.1) is 25.0 Å². The van der Waals surface area contributed by atoms with E-state index in [2.05, 4.69) is 4.98 Å². The minimum atomic E-state index is -3.66. The first-order valence-electron chi connectivity index (χ1n) is 9.18. The van der Waals surface area contributed by atoms with Crippen LogP contribution in [0.25, 0.3) is 10.9 Å². The molecule has 1 heterocycles. The van der Waals surface area contributed by atoms with Gasteiger partial charge in [-0.3, -0.25) is 4.18 Å². The molecule has 0 aliphatic heterocycles. The molecule has 2 aromatic rings. The van der Waals surface area contributed by atoms with Gasteiger partial charge in [-0.2, -0.15) is 8.42 Å². The molecule has 0 aliphatic rings. The first-order chi connectivity index (χ1) is 12.9. The van der Waals surface area contributed by atoms with E-state index in [0.717, 1.165) is 22.7 Å². The van der Waals surface area contributed by atoms with Crippen molar-refractivity contribution in [3.05, 3.63) is 35.9 Å². The lowest BCUT2D eigenvalue weighted by molar-refractivity contribution is -0.0112. The SMILES string of the molecule is COc1ccc2cccc(CC(OS(C)(=O)=O)C(O[Si](C)C)C(C)(C)C)c2n1. The Morgan fingerprint density at radius 3 is 2.36 bits per heavy atom. The summed E-state index contributed by atoms with van der Waals surface area (Å²) in [6, 6.07) is 9.59. The summed E-state index contributed by atoms with van der Waals surface area (Å²) in [5, 5.41) is 0.959. The van der Waals surface area contributed by atoms with Crippen molar-refractivity contribution in [2.24, 2.45) is 5.41 Å². The van der Waals surface area contributed by atoms with Gasteiger partial charge in [0.15, 0.2) is 0 Å². The van der Waals surface area contributed by atoms with Crippen LogP contribution in [0.5, 0.6) is 5.88 Å². The van der Waals surface area contributed by atoms with Crippen LogP contribution in [-0.4, -0.2) is 48.0 Å². The number of benzene rings is 1. The van der Waals surface area contributed by atoms with Crippen LogP contribution in [0, 0.1) is 5.41 Å². The molecule has 2 atom stereocenters. The first-order valence-corrected chi connectivity index (χ1v) is 13.4. The number of fused-ring (bicyclic) bond motifs is 1. The molecule has 1 radical (unpaired) electrons. The molecule has 2 rings (SSSR count). The zero-order chi connectivity index (χ0) is 21.1. The number of hydrogen-bond acceptors (Lipinski definition) is 6. The largest absolute Gasteiger partial charge is 0.481 e. The lowest BCUT2D eigenvalue weighted by atomic mass is 9.84. The summed E-state index contributed by atoms with van der Waals surface area (Å²) in [6.07, 6.45) is 0.399. The molecule has 0 aliphatic carbocycles. The molecule has 2 unspecified atom stereocenters. The van der Waals surface area contributed by atoms with Gasteiger partial charge < -0.3 is 9.16 Å². The van der Waals surface area contributed by atoms with Crippen LogP contribution in [0.3, 0.4) is 0 Å². The van der Waals surface area contributed by atoms with Gasteiger partial charge in [0.25, 0.3) is 10.1 Å². The molecule has 155 valence electrons. The highest BCUT2D eigenvalue weighted by molar-refractivity contribution is 7.86. The van der Waals surface area contributed by atoms with Crippen molar-refractivity contribution in [1.29, 1.82) is 0 Å². The fourth-order valence-corrected chi connectivity index (χ4v) is 4.80. The van der Waals surface area contributed by atoms with Gasteiger partial charge in [-0.1, -0.05) is 39.0 Å². The van der Waals surface area contributed by atoms with E-state index in [-0.39, 0.29) is 11.5 Å². The summed E-state index contributed by atoms with van der Waals surface area (Å²) in [7, 11) is -3.16. The number of methoxy groups -OCH3 is 1. The maximum atomic E-state index is 12.0. The molecule has 6 nitrogen and oxygen atoms in total. The topological polar surface area (TPSA) is 74.7 Å². The quantitative estimate of drug-likeness (QED) is 0.474. The number of nitrogens with zero attached hydrogens (tertiary/aromatic N) is 1. The Balaban J connectivity index is 2.52. The summed E-state index contributed by atoms with van der Waals surface area (Å²) in [5.41, 5.74) is 1.37. The molecule has 1 aromatic carbocycles. The predicted molar refractivity (Wildman–Crippen MR) is 114 cm³/mol. The van der Waals surface area contributed by atoms with Crippen molar-refractivity contribution in [3.63, 3.8) is 0 Å². The number of ether oxygens (including phenoxy) is 1. The van der Waals surface area contributed by atoms with Gasteiger partial charge in [0, 0.05) is 17.9 Å². The smallest absolute Gasteiger partial charge is 0.264 e. The van der Waals surface area contributed by atoms with Crippen LogP contribution in [0.15, 0.2) is 30.3 Å². The monoisotopic (exact) mass is 424 g/mol. The van der Waals surface area contributed by atoms with E-state index >= 15 is 0 Å². The third-order valence-electron chi connectivity index (χ3n) is 4.26. The van der Waals surface area contributed by atoms with E-state index in [1.54, 1.807) is 13.2 Å². The Kier molecular flexibility index (Phi) is 7.25. The minimum Gasteiger partial charge on any atom is -0.481 e. The van der Waals surface area contributed by atoms with Gasteiger partial charge in [0.1, 0.15) is 6.10 Å². The van der Waals surface area contributed by atoms with Crippen molar-refractivity contribution in [2.75, 3.05) is 13.4 Å². The second-order valence-corrected chi connectivity index (χ2v) is 11.9. The number of para-hydroxylation sites is 1. The molecule has 0 N–H and O–H groups in total. The van der Waals surface area contributed by atoms with E-state index in [1.807, 2.05) is 58.1 Å². The summed E-state index contributed by atoms with van der Waals surface area (Å²) < 4.78 is 41.0. The van der Waals surface area contributed by atoms with Crippen molar-refractivity contribution in [1.82, 2.24) is 4.98 Å². The fourth-order valence-electron chi connectivity index (χ4n) is 3.17. The molecule has 8 heteroatoms. The maximum absolute atomic E-state index is 12.0. The standard InChI is InChI=1S/C20H30NO5SSi/c1-20(2,3)19(26-28(6)7)16(25-27(5,22)23)13-15-10-8-9-14-11-12-17(24-4)21-18(14)15/h8-12,16,19H,13H2,1-7H3. The van der Waals surface area contributed by atoms with Crippen LogP contribution in [-0.2, 0) is 25.1 Å². The van der Waals surface area contributed by atoms with Crippen LogP contribution >= 0.6 is 0 Å². The minimum absolute atomic E-state index is 0.299. The number of pyridine rings is 1. The average molecular weight is 425 g/mol. The summed E-state index contributed by atoms with van der Waals surface area (Å²) in [4.78, 5) is 4.56. The molecular weight excluding hydrogens is 394 g/mol. The van der Waals surface area contributed by atoms with Crippen LogP contribution < -0.4 is 4.74 Å². The van der Waals surface area contributed by atoms with Crippen molar-refractivity contribution < 1.29 is 21.8 Å². The van der Waals surface area contributed by atoms with Gasteiger partial charge in [-0.05, 0) is 30.1 Å². The molecule has 0 spiro atoms. The predicted octanol–water partition coefficient (Wildman–Crippen LogP) is 3.81. The number of aromatic nitrogens is 1. The molecule has 0 amide bonds. The Bertz CT molecular complexity index is 908. The average Bonchev–Trinajstić information content (AvgIpc) is 2.56. The highest BCUT2D eigenvalue weighted by atomic mass is 32.2. The van der Waals surface area contributed by atoms with Gasteiger partial charge in [0.2, 0.25) is 14.9 Å². The third-order valence-corrected chi connectivity index (χ3v) is 5.58. The van der Waals surface area contributed by atoms with Crippen molar-refractivity contribution in [2.45, 2.75) is 52.5 Å². The molecule has 0 saturated heterocycles. The normalized spacial score (nSPS) is 15.0.